The summed E-state index contributed by atoms with van der Waals surface area (Å²) in [5, 5.41) is 1.52. The van der Waals surface area contributed by atoms with E-state index in [0.717, 1.165) is 26.6 Å². The van der Waals surface area contributed by atoms with Crippen molar-refractivity contribution in [3.05, 3.63) is 68.8 Å². The van der Waals surface area contributed by atoms with Crippen molar-refractivity contribution in [3.63, 3.8) is 0 Å². The molecular weight excluding hydrogens is 390 g/mol. The highest BCUT2D eigenvalue weighted by Gasteiger charge is 2.29. The van der Waals surface area contributed by atoms with Crippen molar-refractivity contribution in [1.82, 2.24) is 4.98 Å². The Morgan fingerprint density at radius 3 is 2.92 bits per heavy atom. The zero-order valence-corrected chi connectivity index (χ0v) is 15.2. The molecule has 0 amide bonds. The van der Waals surface area contributed by atoms with Gasteiger partial charge in [-0.3, -0.25) is 9.78 Å². The van der Waals surface area contributed by atoms with Crippen molar-refractivity contribution in [2.45, 2.75) is 19.4 Å². The van der Waals surface area contributed by atoms with Crippen LogP contribution in [0.3, 0.4) is 0 Å². The molecule has 1 atom stereocenters. The Labute approximate surface area is 152 Å². The number of pyridine rings is 1. The fourth-order valence-corrected chi connectivity index (χ4v) is 3.69. The summed E-state index contributed by atoms with van der Waals surface area (Å²) in [7, 11) is 0. The molecule has 0 saturated carbocycles. The number of rotatable bonds is 1. The van der Waals surface area contributed by atoms with Crippen molar-refractivity contribution < 1.29 is 9.53 Å². The number of hydrogen-bond acceptors (Lipinski definition) is 3. The summed E-state index contributed by atoms with van der Waals surface area (Å²) in [4.78, 5) is 17.1. The van der Waals surface area contributed by atoms with Crippen LogP contribution in [0.15, 0.2) is 46.9 Å². The first-order valence-electron chi connectivity index (χ1n) is 7.58. The lowest BCUT2D eigenvalue weighted by molar-refractivity contribution is 0.0851. The lowest BCUT2D eigenvalue weighted by Crippen LogP contribution is -2.20. The summed E-state index contributed by atoms with van der Waals surface area (Å²) in [5.74, 6) is 0.691. The Hall–Kier alpha value is -1.91. The standard InChI is InChI=1S/C19H13BrClNO2/c1-10-7-13(12-3-2-4-15(21)19(12)22-10)18-9-16(23)14-8-11(20)5-6-17(14)24-18/h2-8,18H,9H2,1H3. The van der Waals surface area contributed by atoms with Crippen molar-refractivity contribution in [2.75, 3.05) is 0 Å². The van der Waals surface area contributed by atoms with Crippen LogP contribution in [0.25, 0.3) is 10.9 Å². The predicted octanol–water partition coefficient (Wildman–Crippen LogP) is 5.67. The molecule has 5 heteroatoms. The van der Waals surface area contributed by atoms with Gasteiger partial charge in [-0.2, -0.15) is 0 Å². The van der Waals surface area contributed by atoms with Gasteiger partial charge >= 0.3 is 0 Å². The van der Waals surface area contributed by atoms with Gasteiger partial charge in [0.2, 0.25) is 0 Å². The number of nitrogens with zero attached hydrogens (tertiary/aromatic N) is 1. The number of carbonyl (C=O) groups is 1. The number of aryl methyl sites for hydroxylation is 1. The summed E-state index contributed by atoms with van der Waals surface area (Å²) >= 11 is 9.69. The number of fused-ring (bicyclic) bond motifs is 2. The lowest BCUT2D eigenvalue weighted by Gasteiger charge is -2.26. The average molecular weight is 403 g/mol. The van der Waals surface area contributed by atoms with E-state index in [0.29, 0.717) is 22.8 Å². The highest BCUT2D eigenvalue weighted by molar-refractivity contribution is 9.10. The number of aromatic nitrogens is 1. The number of ketones is 1. The zero-order valence-electron chi connectivity index (χ0n) is 12.8. The minimum atomic E-state index is -0.339. The molecule has 1 aliphatic heterocycles. The van der Waals surface area contributed by atoms with Crippen LogP contribution in [-0.4, -0.2) is 10.8 Å². The normalized spacial score (nSPS) is 16.8. The Kier molecular flexibility index (Phi) is 3.82. The molecular formula is C19H13BrClNO2. The van der Waals surface area contributed by atoms with E-state index in [-0.39, 0.29) is 11.9 Å². The van der Waals surface area contributed by atoms with Gasteiger partial charge in [0.25, 0.3) is 0 Å². The molecule has 3 aromatic rings. The van der Waals surface area contributed by atoms with Gasteiger partial charge in [-0.05, 0) is 37.3 Å². The van der Waals surface area contributed by atoms with Gasteiger partial charge in [0.1, 0.15) is 11.9 Å². The first kappa shape index (κ1) is 15.6. The van der Waals surface area contributed by atoms with Crippen molar-refractivity contribution in [3.8, 4) is 5.75 Å². The number of hydrogen-bond donors (Lipinski definition) is 0. The second-order valence-electron chi connectivity index (χ2n) is 5.86. The number of benzene rings is 2. The van der Waals surface area contributed by atoms with E-state index in [2.05, 4.69) is 20.9 Å². The third kappa shape index (κ3) is 2.60. The van der Waals surface area contributed by atoms with Crippen molar-refractivity contribution in [1.29, 1.82) is 0 Å². The quantitative estimate of drug-likeness (QED) is 0.527. The molecule has 2 aromatic carbocycles. The summed E-state index contributed by atoms with van der Waals surface area (Å²) < 4.78 is 7.00. The van der Waals surface area contributed by atoms with E-state index < -0.39 is 0 Å². The summed E-state index contributed by atoms with van der Waals surface area (Å²) in [6.45, 7) is 1.92. The van der Waals surface area contributed by atoms with Gasteiger partial charge < -0.3 is 4.74 Å². The van der Waals surface area contributed by atoms with E-state index in [1.54, 1.807) is 6.07 Å². The van der Waals surface area contributed by atoms with Gasteiger partial charge in [-0.1, -0.05) is 39.7 Å². The predicted molar refractivity (Wildman–Crippen MR) is 97.9 cm³/mol. The molecule has 0 fully saturated rings. The largest absolute Gasteiger partial charge is 0.484 e. The fraction of sp³-hybridized carbons (Fsp3) is 0.158. The minimum Gasteiger partial charge on any atom is -0.484 e. The summed E-state index contributed by atoms with van der Waals surface area (Å²) in [6.07, 6.45) is -0.0389. The Bertz CT molecular complexity index is 987. The third-order valence-corrected chi connectivity index (χ3v) is 4.98. The van der Waals surface area contributed by atoms with Crippen LogP contribution >= 0.6 is 27.5 Å². The monoisotopic (exact) mass is 401 g/mol. The Morgan fingerprint density at radius 1 is 1.25 bits per heavy atom. The molecule has 0 aliphatic carbocycles. The van der Waals surface area contributed by atoms with Gasteiger partial charge in [0.15, 0.2) is 5.78 Å². The number of ether oxygens (including phenoxy) is 1. The molecule has 0 saturated heterocycles. The first-order chi connectivity index (χ1) is 11.5. The average Bonchev–Trinajstić information content (AvgIpc) is 2.55. The van der Waals surface area contributed by atoms with Crippen LogP contribution < -0.4 is 4.74 Å². The van der Waals surface area contributed by atoms with Gasteiger partial charge in [-0.25, -0.2) is 0 Å². The van der Waals surface area contributed by atoms with Crippen molar-refractivity contribution >= 4 is 44.2 Å². The topological polar surface area (TPSA) is 39.2 Å². The molecule has 0 N–H and O–H groups in total. The van der Waals surface area contributed by atoms with E-state index in [9.17, 15) is 4.79 Å². The van der Waals surface area contributed by atoms with Crippen LogP contribution in [0.5, 0.6) is 5.75 Å². The zero-order chi connectivity index (χ0) is 16.8. The Morgan fingerprint density at radius 2 is 2.08 bits per heavy atom. The van der Waals surface area contributed by atoms with Crippen molar-refractivity contribution in [2.24, 2.45) is 0 Å². The molecule has 0 bridgehead atoms. The lowest BCUT2D eigenvalue weighted by atomic mass is 9.94. The van der Waals surface area contributed by atoms with Gasteiger partial charge in [0.05, 0.1) is 22.5 Å². The van der Waals surface area contributed by atoms with Crippen LogP contribution in [0, 0.1) is 6.92 Å². The van der Waals surface area contributed by atoms with Gasteiger partial charge in [0, 0.05) is 21.1 Å². The second-order valence-corrected chi connectivity index (χ2v) is 7.19. The second kappa shape index (κ2) is 5.87. The minimum absolute atomic E-state index is 0.0761. The SMILES string of the molecule is Cc1cc(C2CC(=O)c3cc(Br)ccc3O2)c2cccc(Cl)c2n1. The van der Waals surface area contributed by atoms with Gasteiger partial charge in [-0.15, -0.1) is 0 Å². The molecule has 4 rings (SSSR count). The van der Waals surface area contributed by atoms with Crippen LogP contribution in [0.4, 0.5) is 0 Å². The van der Waals surface area contributed by atoms with Crippen LogP contribution in [-0.2, 0) is 0 Å². The number of halogens is 2. The van der Waals surface area contributed by atoms with E-state index in [1.807, 2.05) is 43.3 Å². The molecule has 3 nitrogen and oxygen atoms in total. The molecule has 120 valence electrons. The maximum atomic E-state index is 12.6. The Balaban J connectivity index is 1.86. The number of carbonyl (C=O) groups excluding carboxylic acids is 1. The molecule has 0 radical (unpaired) electrons. The third-order valence-electron chi connectivity index (χ3n) is 4.18. The molecule has 1 aliphatic rings. The maximum Gasteiger partial charge on any atom is 0.170 e. The fourth-order valence-electron chi connectivity index (χ4n) is 3.11. The van der Waals surface area contributed by atoms with E-state index >= 15 is 0 Å². The molecule has 24 heavy (non-hydrogen) atoms. The number of para-hydroxylation sites is 1. The summed E-state index contributed by atoms with van der Waals surface area (Å²) in [5.41, 5.74) is 3.16. The van der Waals surface area contributed by atoms with E-state index in [4.69, 9.17) is 16.3 Å². The maximum absolute atomic E-state index is 12.6. The highest BCUT2D eigenvalue weighted by atomic mass is 79.9. The molecule has 0 spiro atoms. The van der Waals surface area contributed by atoms with Crippen LogP contribution in [0.1, 0.15) is 34.1 Å². The highest BCUT2D eigenvalue weighted by Crippen LogP contribution is 2.39. The first-order valence-corrected chi connectivity index (χ1v) is 8.75. The molecule has 1 aromatic heterocycles. The van der Waals surface area contributed by atoms with Crippen LogP contribution in [0.2, 0.25) is 5.02 Å². The van der Waals surface area contributed by atoms with E-state index in [1.165, 1.54) is 0 Å². The number of Topliss-reactive ketones (excluding diaryl/α,β-unsaturated/α-hetero) is 1. The smallest absolute Gasteiger partial charge is 0.170 e. The summed E-state index contributed by atoms with van der Waals surface area (Å²) in [6, 6.07) is 13.2. The molecule has 1 unspecified atom stereocenters. The molecule has 2 heterocycles.